The van der Waals surface area contributed by atoms with Crippen LogP contribution in [-0.4, -0.2) is 24.8 Å². The van der Waals surface area contributed by atoms with Gasteiger partial charge in [0.25, 0.3) is 0 Å². The first kappa shape index (κ1) is 11.9. The Morgan fingerprint density at radius 1 is 1.47 bits per heavy atom. The van der Waals surface area contributed by atoms with Crippen LogP contribution in [0.2, 0.25) is 0 Å². The number of hydrogen-bond acceptors (Lipinski definition) is 4. The summed E-state index contributed by atoms with van der Waals surface area (Å²) in [6.45, 7) is 5.64. The van der Waals surface area contributed by atoms with Crippen molar-refractivity contribution in [2.75, 3.05) is 19.8 Å². The monoisotopic (exact) mass is 210 g/mol. The number of hydrogen-bond donors (Lipinski definition) is 1. The highest BCUT2D eigenvalue weighted by atomic mass is 16.5. The van der Waals surface area contributed by atoms with Crippen molar-refractivity contribution in [3.05, 3.63) is 23.9 Å². The van der Waals surface area contributed by atoms with Crippen LogP contribution >= 0.6 is 0 Å². The van der Waals surface area contributed by atoms with E-state index in [1.165, 1.54) is 0 Å². The molecule has 1 aromatic rings. The number of rotatable bonds is 6. The maximum absolute atomic E-state index is 5.79. The van der Waals surface area contributed by atoms with E-state index in [0.29, 0.717) is 25.7 Å². The van der Waals surface area contributed by atoms with Crippen molar-refractivity contribution in [1.29, 1.82) is 0 Å². The van der Waals surface area contributed by atoms with Gasteiger partial charge in [-0.15, -0.1) is 0 Å². The molecule has 1 heterocycles. The number of nitrogens with zero attached hydrogens (tertiary/aromatic N) is 1. The Labute approximate surface area is 90.4 Å². The maximum Gasteiger partial charge on any atom is 0.218 e. The Morgan fingerprint density at radius 2 is 2.27 bits per heavy atom. The summed E-state index contributed by atoms with van der Waals surface area (Å²) < 4.78 is 10.7. The molecule has 0 aromatic carbocycles. The topological polar surface area (TPSA) is 57.4 Å². The molecular formula is C11H18N2O2. The second kappa shape index (κ2) is 6.37. The average Bonchev–Trinajstić information content (AvgIpc) is 2.25. The molecule has 0 amide bonds. The quantitative estimate of drug-likeness (QED) is 0.723. The normalized spacial score (nSPS) is 12.5. The minimum atomic E-state index is -0.0687. The maximum atomic E-state index is 5.79. The predicted octanol–water partition coefficient (Wildman–Crippen LogP) is 1.52. The van der Waals surface area contributed by atoms with Gasteiger partial charge < -0.3 is 15.2 Å². The van der Waals surface area contributed by atoms with Crippen LogP contribution in [0.5, 0.6) is 5.88 Å². The first-order valence-corrected chi connectivity index (χ1v) is 5.16. The van der Waals surface area contributed by atoms with Gasteiger partial charge in [-0.3, -0.25) is 0 Å². The van der Waals surface area contributed by atoms with Crippen LogP contribution in [0.4, 0.5) is 0 Å². The Bertz CT molecular complexity index is 290. The van der Waals surface area contributed by atoms with E-state index in [1.807, 2.05) is 26.0 Å². The second-order valence-corrected chi connectivity index (χ2v) is 3.23. The summed E-state index contributed by atoms with van der Waals surface area (Å²) in [7, 11) is 0. The Morgan fingerprint density at radius 3 is 2.93 bits per heavy atom. The van der Waals surface area contributed by atoms with Gasteiger partial charge in [0.05, 0.1) is 6.61 Å². The highest BCUT2D eigenvalue weighted by Crippen LogP contribution is 2.19. The fourth-order valence-electron chi connectivity index (χ4n) is 1.21. The van der Waals surface area contributed by atoms with Gasteiger partial charge in [0.2, 0.25) is 5.88 Å². The summed E-state index contributed by atoms with van der Waals surface area (Å²) in [5, 5.41) is 0. The van der Waals surface area contributed by atoms with Crippen molar-refractivity contribution in [3.63, 3.8) is 0 Å². The van der Waals surface area contributed by atoms with Gasteiger partial charge in [-0.05, 0) is 19.9 Å². The first-order chi connectivity index (χ1) is 7.25. The van der Waals surface area contributed by atoms with E-state index in [4.69, 9.17) is 15.2 Å². The molecule has 0 aliphatic heterocycles. The lowest BCUT2D eigenvalue weighted by Gasteiger charge is -2.12. The van der Waals surface area contributed by atoms with Crippen molar-refractivity contribution in [2.45, 2.75) is 19.9 Å². The summed E-state index contributed by atoms with van der Waals surface area (Å²) >= 11 is 0. The van der Waals surface area contributed by atoms with Crippen LogP contribution in [0.3, 0.4) is 0 Å². The fraction of sp³-hybridized carbons (Fsp3) is 0.545. The van der Waals surface area contributed by atoms with Gasteiger partial charge in [-0.25, -0.2) is 4.98 Å². The Hall–Kier alpha value is -1.13. The zero-order valence-electron chi connectivity index (χ0n) is 9.27. The van der Waals surface area contributed by atoms with E-state index in [-0.39, 0.29) is 6.04 Å². The van der Waals surface area contributed by atoms with Crippen LogP contribution in [-0.2, 0) is 4.74 Å². The molecule has 2 N–H and O–H groups in total. The lowest BCUT2D eigenvalue weighted by Crippen LogP contribution is -2.12. The molecule has 1 rings (SSSR count). The molecule has 4 heteroatoms. The van der Waals surface area contributed by atoms with Crippen molar-refractivity contribution in [2.24, 2.45) is 5.73 Å². The Balaban J connectivity index is 2.52. The third kappa shape index (κ3) is 3.85. The first-order valence-electron chi connectivity index (χ1n) is 5.16. The SMILES string of the molecule is CCOCCOc1ncccc1C(C)N. The molecule has 0 saturated carbocycles. The van der Waals surface area contributed by atoms with Crippen molar-refractivity contribution in [3.8, 4) is 5.88 Å². The van der Waals surface area contributed by atoms with E-state index < -0.39 is 0 Å². The zero-order valence-corrected chi connectivity index (χ0v) is 9.27. The molecule has 84 valence electrons. The van der Waals surface area contributed by atoms with Crippen LogP contribution in [0.15, 0.2) is 18.3 Å². The zero-order chi connectivity index (χ0) is 11.1. The molecule has 1 unspecified atom stereocenters. The highest BCUT2D eigenvalue weighted by molar-refractivity contribution is 5.27. The molecule has 0 fully saturated rings. The number of nitrogens with two attached hydrogens (primary N) is 1. The molecule has 4 nitrogen and oxygen atoms in total. The largest absolute Gasteiger partial charge is 0.475 e. The molecule has 0 saturated heterocycles. The van der Waals surface area contributed by atoms with Crippen LogP contribution in [0, 0.1) is 0 Å². The summed E-state index contributed by atoms with van der Waals surface area (Å²) in [5.74, 6) is 0.604. The molecule has 1 aromatic heterocycles. The summed E-state index contributed by atoms with van der Waals surface area (Å²) in [4.78, 5) is 4.14. The van der Waals surface area contributed by atoms with Crippen LogP contribution in [0.1, 0.15) is 25.5 Å². The van der Waals surface area contributed by atoms with Gasteiger partial charge >= 0.3 is 0 Å². The van der Waals surface area contributed by atoms with Crippen molar-refractivity contribution in [1.82, 2.24) is 4.98 Å². The third-order valence-corrected chi connectivity index (χ3v) is 1.96. The summed E-state index contributed by atoms with van der Waals surface area (Å²) in [6, 6.07) is 3.71. The molecule has 0 aliphatic rings. The molecule has 15 heavy (non-hydrogen) atoms. The minimum Gasteiger partial charge on any atom is -0.475 e. The molecule has 1 atom stereocenters. The molecule has 0 aliphatic carbocycles. The van der Waals surface area contributed by atoms with Gasteiger partial charge in [0, 0.05) is 24.4 Å². The van der Waals surface area contributed by atoms with Crippen molar-refractivity contribution < 1.29 is 9.47 Å². The average molecular weight is 210 g/mol. The lowest BCUT2D eigenvalue weighted by atomic mass is 10.1. The smallest absolute Gasteiger partial charge is 0.218 e. The molecule has 0 spiro atoms. The lowest BCUT2D eigenvalue weighted by molar-refractivity contribution is 0.108. The van der Waals surface area contributed by atoms with Crippen molar-refractivity contribution >= 4 is 0 Å². The standard InChI is InChI=1S/C11H18N2O2/c1-3-14-7-8-15-11-10(9(2)12)5-4-6-13-11/h4-6,9H,3,7-8,12H2,1-2H3. The fourth-order valence-corrected chi connectivity index (χ4v) is 1.21. The number of ether oxygens (including phenoxy) is 2. The van der Waals surface area contributed by atoms with Gasteiger partial charge in [0.15, 0.2) is 0 Å². The van der Waals surface area contributed by atoms with E-state index in [2.05, 4.69) is 4.98 Å². The van der Waals surface area contributed by atoms with E-state index in [1.54, 1.807) is 6.20 Å². The molecule has 0 bridgehead atoms. The highest BCUT2D eigenvalue weighted by Gasteiger charge is 2.07. The van der Waals surface area contributed by atoms with Gasteiger partial charge in [-0.2, -0.15) is 0 Å². The minimum absolute atomic E-state index is 0.0687. The van der Waals surface area contributed by atoms with E-state index in [9.17, 15) is 0 Å². The van der Waals surface area contributed by atoms with E-state index in [0.717, 1.165) is 5.56 Å². The Kier molecular flexibility index (Phi) is 5.07. The van der Waals surface area contributed by atoms with Gasteiger partial charge in [0.1, 0.15) is 6.61 Å². The third-order valence-electron chi connectivity index (χ3n) is 1.96. The number of pyridine rings is 1. The second-order valence-electron chi connectivity index (χ2n) is 3.23. The van der Waals surface area contributed by atoms with Crippen LogP contribution in [0.25, 0.3) is 0 Å². The number of aromatic nitrogens is 1. The van der Waals surface area contributed by atoms with Gasteiger partial charge in [-0.1, -0.05) is 6.07 Å². The summed E-state index contributed by atoms with van der Waals surface area (Å²) in [5.41, 5.74) is 6.72. The molecule has 0 radical (unpaired) electrons. The molecular weight excluding hydrogens is 192 g/mol. The van der Waals surface area contributed by atoms with E-state index >= 15 is 0 Å². The summed E-state index contributed by atoms with van der Waals surface area (Å²) in [6.07, 6.45) is 1.70. The predicted molar refractivity (Wildman–Crippen MR) is 58.8 cm³/mol. The van der Waals surface area contributed by atoms with Crippen LogP contribution < -0.4 is 10.5 Å².